The van der Waals surface area contributed by atoms with E-state index in [1.165, 1.54) is 12.1 Å². The molecule has 3 aromatic rings. The number of furan rings is 1. The maximum Gasteiger partial charge on any atom is 0.338 e. The first-order valence-electron chi connectivity index (χ1n) is 9.82. The molecule has 0 aliphatic rings. The van der Waals surface area contributed by atoms with E-state index in [4.69, 9.17) is 23.4 Å². The lowest BCUT2D eigenvalue weighted by Crippen LogP contribution is -2.14. The molecule has 1 aromatic heterocycles. The predicted molar refractivity (Wildman–Crippen MR) is 111 cm³/mol. The fraction of sp³-hybridized carbons (Fsp3) is 0.304. The highest BCUT2D eigenvalue weighted by Gasteiger charge is 2.21. The van der Waals surface area contributed by atoms with Crippen LogP contribution in [0.5, 0.6) is 17.2 Å². The number of ether oxygens (including phenoxy) is 4. The number of Topliss-reactive ketones (excluding diaryl/α,β-unsaturated/α-hetero) is 1. The summed E-state index contributed by atoms with van der Waals surface area (Å²) in [5, 5.41) is 0.807. The van der Waals surface area contributed by atoms with Crippen molar-refractivity contribution in [2.24, 2.45) is 0 Å². The van der Waals surface area contributed by atoms with Gasteiger partial charge in [0.15, 0.2) is 23.9 Å². The number of ketones is 1. The molecule has 30 heavy (non-hydrogen) atoms. The average molecular weight is 412 g/mol. The van der Waals surface area contributed by atoms with Crippen molar-refractivity contribution in [1.29, 1.82) is 0 Å². The summed E-state index contributed by atoms with van der Waals surface area (Å²) in [5.74, 6) is 0.212. The van der Waals surface area contributed by atoms with Gasteiger partial charge in [0.1, 0.15) is 5.58 Å². The van der Waals surface area contributed by atoms with Gasteiger partial charge in [0.2, 0.25) is 11.5 Å². The Kier molecular flexibility index (Phi) is 6.95. The first kappa shape index (κ1) is 21.2. The van der Waals surface area contributed by atoms with Gasteiger partial charge in [-0.15, -0.1) is 0 Å². The van der Waals surface area contributed by atoms with E-state index in [0.29, 0.717) is 42.7 Å². The number of carbonyl (C=O) groups is 2. The third kappa shape index (κ3) is 4.74. The highest BCUT2D eigenvalue weighted by molar-refractivity contribution is 6.00. The predicted octanol–water partition coefficient (Wildman–Crippen LogP) is 4.67. The number of rotatable bonds is 10. The van der Waals surface area contributed by atoms with Crippen molar-refractivity contribution in [3.05, 3.63) is 53.8 Å². The Morgan fingerprint density at radius 2 is 1.50 bits per heavy atom. The molecular formula is C23H24O7. The van der Waals surface area contributed by atoms with Gasteiger partial charge in [0.05, 0.1) is 25.4 Å². The van der Waals surface area contributed by atoms with Gasteiger partial charge in [-0.05, 0) is 45.0 Å². The first-order chi connectivity index (χ1) is 14.6. The summed E-state index contributed by atoms with van der Waals surface area (Å²) in [6.45, 7) is 6.23. The topological polar surface area (TPSA) is 84.2 Å². The van der Waals surface area contributed by atoms with Gasteiger partial charge in [-0.25, -0.2) is 4.79 Å². The maximum atomic E-state index is 12.6. The van der Waals surface area contributed by atoms with E-state index in [1.54, 1.807) is 12.1 Å². The van der Waals surface area contributed by atoms with Crippen molar-refractivity contribution in [2.45, 2.75) is 20.8 Å². The SMILES string of the molecule is CCOc1cc(C(=O)OCC(=O)c2cc3ccccc3o2)cc(OCC)c1OCC. The number of carbonyl (C=O) groups excluding carboxylic acids is 2. The fourth-order valence-electron chi connectivity index (χ4n) is 2.91. The van der Waals surface area contributed by atoms with Crippen LogP contribution in [0.25, 0.3) is 11.0 Å². The number of esters is 1. The molecule has 0 saturated heterocycles. The van der Waals surface area contributed by atoms with Crippen LogP contribution in [0.1, 0.15) is 41.7 Å². The number of benzene rings is 2. The third-order valence-corrected chi connectivity index (χ3v) is 4.18. The second-order valence-electron chi connectivity index (χ2n) is 6.25. The van der Waals surface area contributed by atoms with Crippen molar-refractivity contribution in [3.63, 3.8) is 0 Å². The van der Waals surface area contributed by atoms with Gasteiger partial charge < -0.3 is 23.4 Å². The van der Waals surface area contributed by atoms with Crippen LogP contribution >= 0.6 is 0 Å². The lowest BCUT2D eigenvalue weighted by atomic mass is 10.2. The lowest BCUT2D eigenvalue weighted by Gasteiger charge is -2.16. The van der Waals surface area contributed by atoms with Crippen molar-refractivity contribution in [2.75, 3.05) is 26.4 Å². The van der Waals surface area contributed by atoms with Crippen LogP contribution in [0, 0.1) is 0 Å². The Morgan fingerprint density at radius 3 is 2.10 bits per heavy atom. The molecule has 0 spiro atoms. The molecule has 158 valence electrons. The number of para-hydroxylation sites is 1. The zero-order chi connectivity index (χ0) is 21.5. The summed E-state index contributed by atoms with van der Waals surface area (Å²) in [7, 11) is 0. The van der Waals surface area contributed by atoms with E-state index in [9.17, 15) is 9.59 Å². The van der Waals surface area contributed by atoms with E-state index in [1.807, 2.05) is 39.0 Å². The molecule has 0 radical (unpaired) electrons. The molecular weight excluding hydrogens is 388 g/mol. The van der Waals surface area contributed by atoms with Crippen molar-refractivity contribution in [3.8, 4) is 17.2 Å². The summed E-state index contributed by atoms with van der Waals surface area (Å²) in [5.41, 5.74) is 0.796. The van der Waals surface area contributed by atoms with Gasteiger partial charge in [0.25, 0.3) is 0 Å². The molecule has 7 heteroatoms. The van der Waals surface area contributed by atoms with Crippen LogP contribution in [-0.4, -0.2) is 38.2 Å². The van der Waals surface area contributed by atoms with Gasteiger partial charge in [0, 0.05) is 5.39 Å². The quantitative estimate of drug-likeness (QED) is 0.353. The Morgan fingerprint density at radius 1 is 0.867 bits per heavy atom. The second kappa shape index (κ2) is 9.82. The molecule has 0 amide bonds. The normalized spacial score (nSPS) is 10.6. The van der Waals surface area contributed by atoms with E-state index in [-0.39, 0.29) is 11.3 Å². The van der Waals surface area contributed by atoms with Crippen LogP contribution in [0.15, 0.2) is 46.9 Å². The van der Waals surface area contributed by atoms with Crippen molar-refractivity contribution in [1.82, 2.24) is 0 Å². The number of hydrogen-bond donors (Lipinski definition) is 0. The highest BCUT2D eigenvalue weighted by Crippen LogP contribution is 2.39. The van der Waals surface area contributed by atoms with Crippen molar-refractivity contribution < 1.29 is 33.0 Å². The molecule has 0 unspecified atom stereocenters. The molecule has 3 rings (SSSR count). The van der Waals surface area contributed by atoms with Gasteiger partial charge in [-0.2, -0.15) is 0 Å². The van der Waals surface area contributed by atoms with Gasteiger partial charge >= 0.3 is 5.97 Å². The Hall–Kier alpha value is -3.48. The van der Waals surface area contributed by atoms with Gasteiger partial charge in [-0.3, -0.25) is 4.79 Å². The van der Waals surface area contributed by atoms with Crippen LogP contribution < -0.4 is 14.2 Å². The fourth-order valence-corrected chi connectivity index (χ4v) is 2.91. The molecule has 0 saturated carbocycles. The average Bonchev–Trinajstić information content (AvgIpc) is 3.18. The minimum Gasteiger partial charge on any atom is -0.490 e. The second-order valence-corrected chi connectivity index (χ2v) is 6.25. The van der Waals surface area contributed by atoms with E-state index in [0.717, 1.165) is 5.39 Å². The minimum absolute atomic E-state index is 0.140. The van der Waals surface area contributed by atoms with Crippen LogP contribution in [0.3, 0.4) is 0 Å². The molecule has 1 heterocycles. The van der Waals surface area contributed by atoms with Crippen LogP contribution in [-0.2, 0) is 4.74 Å². The Labute approximate surface area is 174 Å². The minimum atomic E-state index is -0.676. The Balaban J connectivity index is 1.77. The van der Waals surface area contributed by atoms with Crippen LogP contribution in [0.2, 0.25) is 0 Å². The molecule has 0 aliphatic carbocycles. The maximum absolute atomic E-state index is 12.6. The monoisotopic (exact) mass is 412 g/mol. The summed E-state index contributed by atoms with van der Waals surface area (Å²) >= 11 is 0. The standard InChI is InChI=1S/C23H24O7/c1-4-26-20-12-16(13-21(27-5-2)22(20)28-6-3)23(25)29-14-17(24)19-11-15-9-7-8-10-18(15)30-19/h7-13H,4-6,14H2,1-3H3. The largest absolute Gasteiger partial charge is 0.490 e. The smallest absolute Gasteiger partial charge is 0.338 e. The lowest BCUT2D eigenvalue weighted by molar-refractivity contribution is 0.0467. The number of hydrogen-bond acceptors (Lipinski definition) is 7. The molecule has 0 bridgehead atoms. The zero-order valence-corrected chi connectivity index (χ0v) is 17.2. The summed E-state index contributed by atoms with van der Waals surface area (Å²) in [4.78, 5) is 25.0. The highest BCUT2D eigenvalue weighted by atomic mass is 16.5. The molecule has 0 fully saturated rings. The number of fused-ring (bicyclic) bond motifs is 1. The molecule has 0 N–H and O–H groups in total. The first-order valence-corrected chi connectivity index (χ1v) is 9.82. The van der Waals surface area contributed by atoms with E-state index >= 15 is 0 Å². The third-order valence-electron chi connectivity index (χ3n) is 4.18. The molecule has 7 nitrogen and oxygen atoms in total. The van der Waals surface area contributed by atoms with E-state index in [2.05, 4.69) is 0 Å². The van der Waals surface area contributed by atoms with Gasteiger partial charge in [-0.1, -0.05) is 18.2 Å². The molecule has 0 aliphatic heterocycles. The molecule has 0 atom stereocenters. The summed E-state index contributed by atoms with van der Waals surface area (Å²) in [6, 6.07) is 11.9. The molecule has 2 aromatic carbocycles. The van der Waals surface area contributed by atoms with E-state index < -0.39 is 18.4 Å². The zero-order valence-electron chi connectivity index (χ0n) is 17.2. The summed E-state index contributed by atoms with van der Waals surface area (Å²) in [6.07, 6.45) is 0. The van der Waals surface area contributed by atoms with Crippen LogP contribution in [0.4, 0.5) is 0 Å². The Bertz CT molecular complexity index is 975. The van der Waals surface area contributed by atoms with Crippen molar-refractivity contribution >= 4 is 22.7 Å². The summed E-state index contributed by atoms with van der Waals surface area (Å²) < 4.78 is 27.5.